The Balaban J connectivity index is 4.08. The van der Waals surface area contributed by atoms with Crippen molar-refractivity contribution in [1.29, 1.82) is 0 Å². The molecule has 0 spiro atoms. The minimum absolute atomic E-state index is 0.0191. The number of rotatable bonds is 37. The van der Waals surface area contributed by atoms with E-state index in [-0.39, 0.29) is 18.5 Å². The van der Waals surface area contributed by atoms with Crippen molar-refractivity contribution in [2.24, 2.45) is 0 Å². The van der Waals surface area contributed by atoms with E-state index in [1.165, 1.54) is 96.3 Å². The van der Waals surface area contributed by atoms with Crippen molar-refractivity contribution in [3.05, 3.63) is 48.6 Å². The lowest BCUT2D eigenvalue weighted by Gasteiger charge is -2.18. The molecule has 0 aliphatic carbocycles. The van der Waals surface area contributed by atoms with E-state index in [1.807, 2.05) is 0 Å². The molecule has 4 nitrogen and oxygen atoms in total. The van der Waals surface area contributed by atoms with Crippen LogP contribution in [0.1, 0.15) is 213 Å². The Hall–Kier alpha value is -2.10. The molecule has 0 saturated heterocycles. The smallest absolute Gasteiger partial charge is 0.306 e. The molecule has 48 heavy (non-hydrogen) atoms. The van der Waals surface area contributed by atoms with Gasteiger partial charge in [-0.15, -0.1) is 0 Å². The normalized spacial score (nSPS) is 12.7. The SMILES string of the molecule is CC/C=C\C/C=C\C/C=C\CCCCCCCCCC(=O)OC(CCC/C=C\CCCCCCCCCC)CCCCCCCC(=O)O. The van der Waals surface area contributed by atoms with E-state index in [1.54, 1.807) is 0 Å². The average Bonchev–Trinajstić information content (AvgIpc) is 3.07. The van der Waals surface area contributed by atoms with Gasteiger partial charge in [-0.3, -0.25) is 9.59 Å². The molecule has 0 radical (unpaired) electrons. The molecule has 0 aliphatic heterocycles. The maximum Gasteiger partial charge on any atom is 0.306 e. The molecular formula is C44H78O4. The zero-order valence-electron chi connectivity index (χ0n) is 31.8. The molecule has 1 unspecified atom stereocenters. The molecule has 0 bridgehead atoms. The second-order valence-electron chi connectivity index (χ2n) is 13.8. The Labute approximate surface area is 298 Å². The Morgan fingerprint density at radius 1 is 0.479 bits per heavy atom. The fraction of sp³-hybridized carbons (Fsp3) is 0.773. The van der Waals surface area contributed by atoms with Gasteiger partial charge in [0.1, 0.15) is 6.10 Å². The molecule has 0 amide bonds. The van der Waals surface area contributed by atoms with Crippen molar-refractivity contribution in [1.82, 2.24) is 0 Å². The number of carboxylic acid groups (broad SMARTS) is 1. The van der Waals surface area contributed by atoms with Crippen molar-refractivity contribution in [3.63, 3.8) is 0 Å². The predicted octanol–water partition coefficient (Wildman–Crippen LogP) is 14.3. The third-order valence-electron chi connectivity index (χ3n) is 9.03. The van der Waals surface area contributed by atoms with Gasteiger partial charge in [-0.25, -0.2) is 0 Å². The van der Waals surface area contributed by atoms with Crippen LogP contribution in [0.5, 0.6) is 0 Å². The number of esters is 1. The van der Waals surface area contributed by atoms with Gasteiger partial charge in [-0.05, 0) is 89.9 Å². The highest BCUT2D eigenvalue weighted by Gasteiger charge is 2.14. The van der Waals surface area contributed by atoms with Crippen LogP contribution >= 0.6 is 0 Å². The van der Waals surface area contributed by atoms with E-state index in [0.29, 0.717) is 6.42 Å². The number of carbonyl (C=O) groups is 2. The van der Waals surface area contributed by atoms with E-state index < -0.39 is 5.97 Å². The first-order chi connectivity index (χ1) is 23.6. The van der Waals surface area contributed by atoms with Crippen molar-refractivity contribution in [2.75, 3.05) is 0 Å². The largest absolute Gasteiger partial charge is 0.481 e. The van der Waals surface area contributed by atoms with Gasteiger partial charge in [0.25, 0.3) is 0 Å². The van der Waals surface area contributed by atoms with Gasteiger partial charge in [0.15, 0.2) is 0 Å². The zero-order valence-corrected chi connectivity index (χ0v) is 31.8. The van der Waals surface area contributed by atoms with Crippen molar-refractivity contribution < 1.29 is 19.4 Å². The van der Waals surface area contributed by atoms with Gasteiger partial charge in [-0.1, -0.05) is 159 Å². The summed E-state index contributed by atoms with van der Waals surface area (Å²) in [6.45, 7) is 4.44. The number of unbranched alkanes of at least 4 members (excludes halogenated alkanes) is 20. The topological polar surface area (TPSA) is 63.6 Å². The molecule has 0 saturated carbocycles. The lowest BCUT2D eigenvalue weighted by Crippen LogP contribution is -2.18. The Morgan fingerprint density at radius 3 is 1.46 bits per heavy atom. The molecule has 0 aliphatic rings. The van der Waals surface area contributed by atoms with Gasteiger partial charge in [0, 0.05) is 12.8 Å². The third-order valence-corrected chi connectivity index (χ3v) is 9.03. The van der Waals surface area contributed by atoms with Crippen molar-refractivity contribution in [3.8, 4) is 0 Å². The van der Waals surface area contributed by atoms with E-state index in [9.17, 15) is 9.59 Å². The zero-order chi connectivity index (χ0) is 35.0. The van der Waals surface area contributed by atoms with Crippen LogP contribution in [-0.2, 0) is 14.3 Å². The van der Waals surface area contributed by atoms with Crippen molar-refractivity contribution >= 4 is 11.9 Å². The van der Waals surface area contributed by atoms with Crippen LogP contribution in [-0.4, -0.2) is 23.1 Å². The van der Waals surface area contributed by atoms with Gasteiger partial charge in [-0.2, -0.15) is 0 Å². The first-order valence-electron chi connectivity index (χ1n) is 20.6. The molecule has 0 fully saturated rings. The number of hydrogen-bond donors (Lipinski definition) is 1. The fourth-order valence-electron chi connectivity index (χ4n) is 6.02. The predicted molar refractivity (Wildman–Crippen MR) is 209 cm³/mol. The average molecular weight is 671 g/mol. The number of carboxylic acids is 1. The fourth-order valence-corrected chi connectivity index (χ4v) is 6.02. The molecule has 0 rings (SSSR count). The first kappa shape index (κ1) is 45.9. The van der Waals surface area contributed by atoms with Crippen molar-refractivity contribution in [2.45, 2.75) is 219 Å². The van der Waals surface area contributed by atoms with Crippen LogP contribution < -0.4 is 0 Å². The summed E-state index contributed by atoms with van der Waals surface area (Å²) in [7, 11) is 0. The highest BCUT2D eigenvalue weighted by atomic mass is 16.5. The molecule has 278 valence electrons. The highest BCUT2D eigenvalue weighted by molar-refractivity contribution is 5.69. The highest BCUT2D eigenvalue weighted by Crippen LogP contribution is 2.18. The minimum Gasteiger partial charge on any atom is -0.481 e. The molecule has 0 aromatic heterocycles. The van der Waals surface area contributed by atoms with Gasteiger partial charge in [0.2, 0.25) is 0 Å². The quantitative estimate of drug-likeness (QED) is 0.0406. The van der Waals surface area contributed by atoms with Gasteiger partial charge >= 0.3 is 11.9 Å². The summed E-state index contributed by atoms with van der Waals surface area (Å²) in [5.74, 6) is -0.728. The molecule has 0 aromatic rings. The summed E-state index contributed by atoms with van der Waals surface area (Å²) in [4.78, 5) is 23.4. The van der Waals surface area contributed by atoms with E-state index in [4.69, 9.17) is 9.84 Å². The number of carbonyl (C=O) groups excluding carboxylic acids is 1. The summed E-state index contributed by atoms with van der Waals surface area (Å²) < 4.78 is 5.99. The van der Waals surface area contributed by atoms with Crippen LogP contribution in [0.15, 0.2) is 48.6 Å². The van der Waals surface area contributed by atoms with E-state index >= 15 is 0 Å². The van der Waals surface area contributed by atoms with E-state index in [0.717, 1.165) is 89.9 Å². The summed E-state index contributed by atoms with van der Waals surface area (Å²) >= 11 is 0. The number of ether oxygens (including phenoxy) is 1. The summed E-state index contributed by atoms with van der Waals surface area (Å²) in [6.07, 6.45) is 52.7. The summed E-state index contributed by atoms with van der Waals surface area (Å²) in [5.41, 5.74) is 0. The second-order valence-corrected chi connectivity index (χ2v) is 13.8. The Morgan fingerprint density at radius 2 is 0.896 bits per heavy atom. The van der Waals surface area contributed by atoms with Crippen LogP contribution in [0.3, 0.4) is 0 Å². The number of hydrogen-bond acceptors (Lipinski definition) is 3. The van der Waals surface area contributed by atoms with Crippen LogP contribution in [0.2, 0.25) is 0 Å². The molecule has 4 heteroatoms. The van der Waals surface area contributed by atoms with Crippen LogP contribution in [0.25, 0.3) is 0 Å². The minimum atomic E-state index is -0.706. The molecule has 1 atom stereocenters. The van der Waals surface area contributed by atoms with E-state index in [2.05, 4.69) is 62.5 Å². The number of aliphatic carboxylic acids is 1. The lowest BCUT2D eigenvalue weighted by atomic mass is 10.0. The third kappa shape index (κ3) is 38.3. The van der Waals surface area contributed by atoms with Crippen LogP contribution in [0.4, 0.5) is 0 Å². The van der Waals surface area contributed by atoms with Crippen LogP contribution in [0, 0.1) is 0 Å². The monoisotopic (exact) mass is 671 g/mol. The molecular weight excluding hydrogens is 592 g/mol. The number of allylic oxidation sites excluding steroid dienone is 8. The molecule has 0 aromatic carbocycles. The van der Waals surface area contributed by atoms with Gasteiger partial charge in [0.05, 0.1) is 0 Å². The Kier molecular flexibility index (Phi) is 37.6. The maximum absolute atomic E-state index is 12.7. The first-order valence-corrected chi connectivity index (χ1v) is 20.6. The Bertz CT molecular complexity index is 809. The summed E-state index contributed by atoms with van der Waals surface area (Å²) in [5, 5.41) is 8.83. The van der Waals surface area contributed by atoms with Gasteiger partial charge < -0.3 is 9.84 Å². The standard InChI is InChI=1S/C44H78O4/c1-3-5-7-9-11-13-15-17-18-19-20-22-24-26-28-33-37-41-44(47)48-42(39-35-31-29-32-36-40-43(45)46)38-34-30-27-25-23-21-16-14-12-10-8-6-4-2/h5,7,11,13,17-18,25,27,42H,3-4,6,8-10,12,14-16,19-24,26,28-41H2,1-2H3,(H,45,46)/b7-5-,13-11-,18-17-,27-25-. The lowest BCUT2D eigenvalue weighted by molar-refractivity contribution is -0.150. The molecule has 1 N–H and O–H groups in total. The molecule has 0 heterocycles. The second kappa shape index (κ2) is 39.3. The summed E-state index contributed by atoms with van der Waals surface area (Å²) in [6, 6.07) is 0. The maximum atomic E-state index is 12.7.